The Kier molecular flexibility index (Phi) is 4.29. The van der Waals surface area contributed by atoms with Crippen molar-refractivity contribution in [2.75, 3.05) is 0 Å². The number of fused-ring (bicyclic) bond motifs is 1. The summed E-state index contributed by atoms with van der Waals surface area (Å²) in [6, 6.07) is 8.25. The molecule has 134 valence electrons. The molecule has 9 heteroatoms. The van der Waals surface area contributed by atoms with Crippen LogP contribution in [-0.2, 0) is 0 Å². The quantitative estimate of drug-likeness (QED) is 0.527. The van der Waals surface area contributed by atoms with Crippen LogP contribution in [0.25, 0.3) is 11.0 Å². The van der Waals surface area contributed by atoms with Crippen LogP contribution in [0.2, 0.25) is 0 Å². The Morgan fingerprint density at radius 1 is 1.15 bits per heavy atom. The van der Waals surface area contributed by atoms with Gasteiger partial charge in [-0.05, 0) is 38.1 Å². The highest BCUT2D eigenvalue weighted by Gasteiger charge is 2.22. The monoisotopic (exact) mass is 359 g/mol. The number of hydrogen-bond donors (Lipinski definition) is 0. The highest BCUT2D eigenvalue weighted by Crippen LogP contribution is 2.21. The van der Waals surface area contributed by atoms with Crippen molar-refractivity contribution in [2.24, 2.45) is 0 Å². The zero-order valence-electron chi connectivity index (χ0n) is 13.9. The van der Waals surface area contributed by atoms with Crippen LogP contribution in [0.5, 0.6) is 5.75 Å². The number of ether oxygens (including phenoxy) is 1. The molecule has 0 aliphatic rings. The number of benzene rings is 2. The van der Waals surface area contributed by atoms with Gasteiger partial charge in [0.2, 0.25) is 0 Å². The van der Waals surface area contributed by atoms with Crippen molar-refractivity contribution in [1.82, 2.24) is 9.13 Å². The minimum absolute atomic E-state index is 0.0225. The van der Waals surface area contributed by atoms with Gasteiger partial charge in [-0.3, -0.25) is 14.7 Å². The largest absolute Gasteiger partial charge is 0.428 e. The number of carbonyl (C=O) groups is 1. The van der Waals surface area contributed by atoms with E-state index in [0.717, 1.165) is 10.6 Å². The molecule has 0 atom stereocenters. The Labute approximate surface area is 146 Å². The molecule has 0 radical (unpaired) electrons. The first kappa shape index (κ1) is 17.3. The number of nitrogens with zero attached hydrogens (tertiary/aromatic N) is 3. The molecule has 3 aromatic rings. The second-order valence-electron chi connectivity index (χ2n) is 5.83. The maximum atomic E-state index is 13.6. The van der Waals surface area contributed by atoms with Crippen LogP contribution in [0.1, 0.15) is 19.9 Å². The molecule has 0 aliphatic carbocycles. The van der Waals surface area contributed by atoms with E-state index in [1.807, 2.05) is 0 Å². The van der Waals surface area contributed by atoms with Crippen LogP contribution >= 0.6 is 0 Å². The molecule has 8 nitrogen and oxygen atoms in total. The smallest absolute Gasteiger partial charge is 0.410 e. The van der Waals surface area contributed by atoms with E-state index in [1.165, 1.54) is 41.0 Å². The third kappa shape index (κ3) is 2.94. The fourth-order valence-corrected chi connectivity index (χ4v) is 2.65. The molecular weight excluding hydrogens is 345 g/mol. The van der Waals surface area contributed by atoms with Crippen molar-refractivity contribution in [1.29, 1.82) is 0 Å². The molecule has 0 spiro atoms. The summed E-state index contributed by atoms with van der Waals surface area (Å²) < 4.78 is 20.8. The zero-order chi connectivity index (χ0) is 19.0. The molecular formula is C17H14FN3O5. The van der Waals surface area contributed by atoms with E-state index in [9.17, 15) is 24.1 Å². The molecule has 0 saturated carbocycles. The van der Waals surface area contributed by atoms with Crippen molar-refractivity contribution in [3.63, 3.8) is 0 Å². The van der Waals surface area contributed by atoms with Gasteiger partial charge >= 0.3 is 11.8 Å². The number of halogens is 1. The number of aromatic nitrogens is 2. The highest BCUT2D eigenvalue weighted by atomic mass is 19.1. The number of non-ortho nitro benzene ring substituents is 1. The molecule has 3 rings (SSSR count). The summed E-state index contributed by atoms with van der Waals surface area (Å²) in [5.74, 6) is -0.579. The Bertz CT molecular complexity index is 1070. The lowest BCUT2D eigenvalue weighted by Crippen LogP contribution is -2.32. The van der Waals surface area contributed by atoms with E-state index in [1.54, 1.807) is 13.8 Å². The Hall–Kier alpha value is -3.49. The highest BCUT2D eigenvalue weighted by molar-refractivity contribution is 5.88. The molecule has 0 aliphatic heterocycles. The predicted molar refractivity (Wildman–Crippen MR) is 91.1 cm³/mol. The second-order valence-corrected chi connectivity index (χ2v) is 5.83. The lowest BCUT2D eigenvalue weighted by atomic mass is 10.3. The molecule has 0 fully saturated rings. The molecule has 1 heterocycles. The Balaban J connectivity index is 2.05. The maximum absolute atomic E-state index is 13.6. The topological polar surface area (TPSA) is 96.4 Å². The van der Waals surface area contributed by atoms with Gasteiger partial charge in [0.05, 0.1) is 16.0 Å². The lowest BCUT2D eigenvalue weighted by Gasteiger charge is -2.06. The number of hydrogen-bond acceptors (Lipinski definition) is 5. The summed E-state index contributed by atoms with van der Waals surface area (Å²) in [6.07, 6.45) is -1.03. The van der Waals surface area contributed by atoms with Crippen LogP contribution in [0.4, 0.5) is 14.9 Å². The molecule has 1 aromatic heterocycles. The normalized spacial score (nSPS) is 11.1. The van der Waals surface area contributed by atoms with Gasteiger partial charge in [-0.15, -0.1) is 0 Å². The van der Waals surface area contributed by atoms with Crippen molar-refractivity contribution >= 4 is 22.8 Å². The van der Waals surface area contributed by atoms with Crippen LogP contribution in [-0.4, -0.2) is 20.2 Å². The van der Waals surface area contributed by atoms with Gasteiger partial charge < -0.3 is 4.74 Å². The summed E-state index contributed by atoms with van der Waals surface area (Å²) >= 11 is 0. The van der Waals surface area contributed by atoms with Gasteiger partial charge in [0.15, 0.2) is 0 Å². The molecule has 0 amide bonds. The summed E-state index contributed by atoms with van der Waals surface area (Å²) in [4.78, 5) is 35.2. The summed E-state index contributed by atoms with van der Waals surface area (Å²) in [5, 5.41) is 10.7. The zero-order valence-corrected chi connectivity index (χ0v) is 13.9. The van der Waals surface area contributed by atoms with Crippen molar-refractivity contribution < 1.29 is 18.8 Å². The maximum Gasteiger partial charge on any atom is 0.428 e. The Morgan fingerprint density at radius 2 is 1.81 bits per heavy atom. The number of rotatable bonds is 3. The number of nitro benzene ring substituents is 1. The van der Waals surface area contributed by atoms with Crippen LogP contribution in [0.15, 0.2) is 47.3 Å². The van der Waals surface area contributed by atoms with E-state index in [0.29, 0.717) is 5.52 Å². The number of nitro groups is 1. The first-order chi connectivity index (χ1) is 12.3. The first-order valence-electron chi connectivity index (χ1n) is 7.68. The summed E-state index contributed by atoms with van der Waals surface area (Å²) in [7, 11) is 0. The van der Waals surface area contributed by atoms with E-state index >= 15 is 0 Å². The molecule has 0 bridgehead atoms. The van der Waals surface area contributed by atoms with E-state index in [-0.39, 0.29) is 23.0 Å². The van der Waals surface area contributed by atoms with E-state index in [2.05, 4.69) is 0 Å². The first-order valence-corrected chi connectivity index (χ1v) is 7.68. The predicted octanol–water partition coefficient (Wildman–Crippen LogP) is 3.48. The van der Waals surface area contributed by atoms with Crippen LogP contribution < -0.4 is 10.4 Å². The number of carbonyl (C=O) groups excluding carboxylic acids is 1. The summed E-state index contributed by atoms with van der Waals surface area (Å²) in [6.45, 7) is 3.52. The van der Waals surface area contributed by atoms with Crippen LogP contribution in [0, 0.1) is 15.9 Å². The third-order valence-electron chi connectivity index (χ3n) is 3.79. The van der Waals surface area contributed by atoms with Gasteiger partial charge in [0.25, 0.3) is 5.69 Å². The van der Waals surface area contributed by atoms with Crippen molar-refractivity contribution in [3.05, 3.63) is 68.9 Å². The van der Waals surface area contributed by atoms with Crippen molar-refractivity contribution in [2.45, 2.75) is 19.9 Å². The van der Waals surface area contributed by atoms with Gasteiger partial charge in [-0.2, -0.15) is 4.57 Å². The molecule has 2 aromatic carbocycles. The minimum Gasteiger partial charge on any atom is -0.410 e. The van der Waals surface area contributed by atoms with Gasteiger partial charge in [-0.25, -0.2) is 14.0 Å². The van der Waals surface area contributed by atoms with Crippen molar-refractivity contribution in [3.8, 4) is 5.75 Å². The van der Waals surface area contributed by atoms with E-state index < -0.39 is 22.5 Å². The van der Waals surface area contributed by atoms with Gasteiger partial charge in [-0.1, -0.05) is 0 Å². The average molecular weight is 359 g/mol. The van der Waals surface area contributed by atoms with Crippen LogP contribution in [0.3, 0.4) is 0 Å². The molecule has 26 heavy (non-hydrogen) atoms. The average Bonchev–Trinajstić information content (AvgIpc) is 2.86. The standard InChI is InChI=1S/C17H14FN3O5/c1-10(2)19-14-8-3-11(18)9-15(14)20(16(19)22)17(23)26-13-6-4-12(5-7-13)21(24)25/h3-10H,1-2H3. The van der Waals surface area contributed by atoms with Gasteiger partial charge in [0.1, 0.15) is 11.6 Å². The number of imidazole rings is 1. The SMILES string of the molecule is CC(C)n1c(=O)n(C(=O)Oc2ccc([N+](=O)[O-])cc2)c2cc(F)ccc21. The Morgan fingerprint density at radius 3 is 2.38 bits per heavy atom. The third-order valence-corrected chi connectivity index (χ3v) is 3.79. The molecule has 0 saturated heterocycles. The fraction of sp³-hybridized carbons (Fsp3) is 0.176. The lowest BCUT2D eigenvalue weighted by molar-refractivity contribution is -0.384. The molecule has 0 N–H and O–H groups in total. The summed E-state index contributed by atoms with van der Waals surface area (Å²) in [5.41, 5.74) is -0.351. The van der Waals surface area contributed by atoms with E-state index in [4.69, 9.17) is 4.74 Å². The fourth-order valence-electron chi connectivity index (χ4n) is 2.65. The second kappa shape index (κ2) is 6.43. The minimum atomic E-state index is -1.03. The molecule has 0 unspecified atom stereocenters. The van der Waals surface area contributed by atoms with Gasteiger partial charge in [0, 0.05) is 24.2 Å².